The second-order valence-electron chi connectivity index (χ2n) is 3.63. The van der Waals surface area contributed by atoms with Gasteiger partial charge in [-0.15, -0.1) is 10.2 Å². The number of rotatable bonds is 2. The lowest BCUT2D eigenvalue weighted by Gasteiger charge is -1.89. The lowest BCUT2D eigenvalue weighted by Crippen LogP contribution is -1.87. The zero-order chi connectivity index (χ0) is 11.7. The zero-order valence-corrected chi connectivity index (χ0v) is 10.1. The first-order valence-corrected chi connectivity index (χ1v) is 6.06. The molecule has 0 fully saturated rings. The Balaban J connectivity index is 1.92. The van der Waals surface area contributed by atoms with Crippen molar-refractivity contribution in [3.63, 3.8) is 0 Å². The molecular formula is C12H10N4S. The molecule has 0 saturated carbocycles. The fourth-order valence-electron chi connectivity index (χ4n) is 1.53. The van der Waals surface area contributed by atoms with Crippen molar-refractivity contribution >= 4 is 28.4 Å². The minimum atomic E-state index is 0.815. The van der Waals surface area contributed by atoms with Gasteiger partial charge < -0.3 is 0 Å². The molecular weight excluding hydrogens is 232 g/mol. The third-order valence-electron chi connectivity index (χ3n) is 2.38. The van der Waals surface area contributed by atoms with E-state index in [1.807, 2.05) is 37.3 Å². The molecule has 0 amide bonds. The van der Waals surface area contributed by atoms with E-state index in [1.54, 1.807) is 4.52 Å². The first-order chi connectivity index (χ1) is 8.33. The van der Waals surface area contributed by atoms with Crippen molar-refractivity contribution in [1.82, 2.24) is 19.8 Å². The van der Waals surface area contributed by atoms with Gasteiger partial charge in [0.05, 0.1) is 0 Å². The Morgan fingerprint density at radius 2 is 1.94 bits per heavy atom. The number of hydrogen-bond donors (Lipinski definition) is 0. The first-order valence-electron chi connectivity index (χ1n) is 5.25. The number of aryl methyl sites for hydroxylation is 1. The van der Waals surface area contributed by atoms with Crippen molar-refractivity contribution in [2.24, 2.45) is 0 Å². The van der Waals surface area contributed by atoms with E-state index in [4.69, 9.17) is 0 Å². The Labute approximate surface area is 102 Å². The molecule has 3 rings (SSSR count). The van der Waals surface area contributed by atoms with Gasteiger partial charge in [-0.2, -0.15) is 9.61 Å². The number of benzene rings is 1. The summed E-state index contributed by atoms with van der Waals surface area (Å²) in [5.41, 5.74) is 1.16. The lowest BCUT2D eigenvalue weighted by atomic mass is 10.2. The molecule has 2 heterocycles. The van der Waals surface area contributed by atoms with Crippen LogP contribution in [0.2, 0.25) is 0 Å². The number of fused-ring (bicyclic) bond motifs is 1. The molecule has 0 radical (unpaired) electrons. The largest absolute Gasteiger partial charge is 0.234 e. The summed E-state index contributed by atoms with van der Waals surface area (Å²) in [7, 11) is 0. The van der Waals surface area contributed by atoms with E-state index in [0.717, 1.165) is 21.4 Å². The Morgan fingerprint density at radius 1 is 1.12 bits per heavy atom. The highest BCUT2D eigenvalue weighted by Crippen LogP contribution is 2.16. The van der Waals surface area contributed by atoms with Crippen molar-refractivity contribution in [3.05, 3.63) is 46.7 Å². The Bertz CT molecular complexity index is 666. The maximum atomic E-state index is 4.41. The van der Waals surface area contributed by atoms with Gasteiger partial charge in [0.25, 0.3) is 0 Å². The van der Waals surface area contributed by atoms with Crippen LogP contribution in [0.15, 0.2) is 30.3 Å². The summed E-state index contributed by atoms with van der Waals surface area (Å²) in [6.07, 6.45) is 4.04. The van der Waals surface area contributed by atoms with Gasteiger partial charge in [-0.25, -0.2) is 0 Å². The van der Waals surface area contributed by atoms with Crippen LogP contribution in [0.1, 0.15) is 16.4 Å². The van der Waals surface area contributed by atoms with Crippen molar-refractivity contribution in [2.45, 2.75) is 6.92 Å². The van der Waals surface area contributed by atoms with Crippen molar-refractivity contribution in [1.29, 1.82) is 0 Å². The molecule has 0 spiro atoms. The van der Waals surface area contributed by atoms with Crippen molar-refractivity contribution in [2.75, 3.05) is 0 Å². The fraction of sp³-hybridized carbons (Fsp3) is 0.0833. The topological polar surface area (TPSA) is 43.1 Å². The van der Waals surface area contributed by atoms with E-state index in [2.05, 4.69) is 27.4 Å². The summed E-state index contributed by atoms with van der Waals surface area (Å²) in [6.45, 7) is 1.89. The van der Waals surface area contributed by atoms with Crippen LogP contribution < -0.4 is 0 Å². The molecule has 84 valence electrons. The average Bonchev–Trinajstić information content (AvgIpc) is 2.91. The minimum Gasteiger partial charge on any atom is -0.187 e. The molecule has 0 aliphatic rings. The second-order valence-corrected chi connectivity index (χ2v) is 4.61. The predicted molar refractivity (Wildman–Crippen MR) is 68.8 cm³/mol. The van der Waals surface area contributed by atoms with Gasteiger partial charge in [0, 0.05) is 0 Å². The molecule has 0 N–H and O–H groups in total. The highest BCUT2D eigenvalue weighted by Gasteiger charge is 2.05. The average molecular weight is 242 g/mol. The smallest absolute Gasteiger partial charge is 0.187 e. The molecule has 0 bridgehead atoms. The normalized spacial score (nSPS) is 11.6. The van der Waals surface area contributed by atoms with Crippen LogP contribution in [0, 0.1) is 6.92 Å². The molecule has 0 atom stereocenters. The Hall–Kier alpha value is -2.01. The predicted octanol–water partition coefficient (Wildman–Crippen LogP) is 2.66. The standard InChI is InChI=1S/C12H10N4S/c1-9-13-14-12-16(9)15-11(17-12)8-7-10-5-3-2-4-6-10/h2-8H,1H3/b8-7+. The van der Waals surface area contributed by atoms with Crippen molar-refractivity contribution in [3.8, 4) is 0 Å². The van der Waals surface area contributed by atoms with Gasteiger partial charge in [0.2, 0.25) is 4.96 Å². The molecule has 3 aromatic rings. The summed E-state index contributed by atoms with van der Waals surface area (Å²) in [4.78, 5) is 0.829. The van der Waals surface area contributed by atoms with Gasteiger partial charge in [-0.3, -0.25) is 0 Å². The van der Waals surface area contributed by atoms with E-state index in [0.29, 0.717) is 0 Å². The monoisotopic (exact) mass is 242 g/mol. The van der Waals surface area contributed by atoms with Crippen LogP contribution in [0.25, 0.3) is 17.1 Å². The third kappa shape index (κ3) is 1.97. The zero-order valence-electron chi connectivity index (χ0n) is 9.24. The molecule has 1 aromatic carbocycles. The van der Waals surface area contributed by atoms with Crippen LogP contribution in [-0.2, 0) is 0 Å². The van der Waals surface area contributed by atoms with Crippen LogP contribution in [0.4, 0.5) is 0 Å². The van der Waals surface area contributed by atoms with Gasteiger partial charge >= 0.3 is 0 Å². The van der Waals surface area contributed by atoms with Crippen LogP contribution in [0.3, 0.4) is 0 Å². The highest BCUT2D eigenvalue weighted by molar-refractivity contribution is 7.17. The molecule has 2 aromatic heterocycles. The summed E-state index contributed by atoms with van der Waals surface area (Å²) in [5, 5.41) is 13.3. The Kier molecular flexibility index (Phi) is 2.45. The number of aromatic nitrogens is 4. The Morgan fingerprint density at radius 3 is 2.71 bits per heavy atom. The van der Waals surface area contributed by atoms with E-state index < -0.39 is 0 Å². The highest BCUT2D eigenvalue weighted by atomic mass is 32.1. The summed E-state index contributed by atoms with van der Waals surface area (Å²) in [5.74, 6) is 0.815. The van der Waals surface area contributed by atoms with Gasteiger partial charge in [-0.05, 0) is 18.6 Å². The van der Waals surface area contributed by atoms with Crippen LogP contribution in [-0.4, -0.2) is 19.8 Å². The maximum absolute atomic E-state index is 4.41. The van der Waals surface area contributed by atoms with E-state index in [-0.39, 0.29) is 0 Å². The van der Waals surface area contributed by atoms with E-state index in [9.17, 15) is 0 Å². The van der Waals surface area contributed by atoms with Crippen molar-refractivity contribution < 1.29 is 0 Å². The molecule has 4 nitrogen and oxygen atoms in total. The third-order valence-corrected chi connectivity index (χ3v) is 3.24. The fourth-order valence-corrected chi connectivity index (χ4v) is 2.32. The lowest BCUT2D eigenvalue weighted by molar-refractivity contribution is 0.890. The molecule has 0 aliphatic heterocycles. The molecule has 0 saturated heterocycles. The number of hydrogen-bond acceptors (Lipinski definition) is 4. The second kappa shape index (κ2) is 4.10. The molecule has 0 unspecified atom stereocenters. The minimum absolute atomic E-state index is 0.815. The van der Waals surface area contributed by atoms with Gasteiger partial charge in [-0.1, -0.05) is 47.7 Å². The van der Waals surface area contributed by atoms with E-state index >= 15 is 0 Å². The summed E-state index contributed by atoms with van der Waals surface area (Å²) < 4.78 is 1.76. The molecule has 5 heteroatoms. The SMILES string of the molecule is Cc1nnc2sc(/C=C/c3ccccc3)nn12. The van der Waals surface area contributed by atoms with Gasteiger partial charge in [0.15, 0.2) is 5.82 Å². The first kappa shape index (κ1) is 10.2. The molecule has 17 heavy (non-hydrogen) atoms. The van der Waals surface area contributed by atoms with Crippen LogP contribution >= 0.6 is 11.3 Å². The van der Waals surface area contributed by atoms with Crippen LogP contribution in [0.5, 0.6) is 0 Å². The van der Waals surface area contributed by atoms with E-state index in [1.165, 1.54) is 11.3 Å². The quantitative estimate of drug-likeness (QED) is 0.694. The summed E-state index contributed by atoms with van der Waals surface area (Å²) >= 11 is 1.53. The molecule has 0 aliphatic carbocycles. The van der Waals surface area contributed by atoms with Gasteiger partial charge in [0.1, 0.15) is 5.01 Å². The maximum Gasteiger partial charge on any atom is 0.234 e. The summed E-state index contributed by atoms with van der Waals surface area (Å²) in [6, 6.07) is 10.2. The number of nitrogens with zero attached hydrogens (tertiary/aromatic N) is 4.